The number of methoxy groups -OCH3 is 3. The molecule has 0 aromatic heterocycles. The minimum absolute atomic E-state index is 0.209. The van der Waals surface area contributed by atoms with E-state index in [1.165, 1.54) is 16.7 Å². The standard InChI is InChI=1S/C21H25NO4/c1-12-14-5-6-17(23)21(26-4)16(14)11-22-8-7-13-9-18(24-2)19(25-3)10-15(13)20(12)22/h5-6,9-10,12,20,23H,7-8,11H2,1-4H3/t12-,20+/m1/s1. The Morgan fingerprint density at radius 1 is 1.00 bits per heavy atom. The van der Waals surface area contributed by atoms with Gasteiger partial charge in [0.15, 0.2) is 23.0 Å². The molecule has 0 fully saturated rings. The van der Waals surface area contributed by atoms with Crippen LogP contribution in [0.25, 0.3) is 0 Å². The number of hydrogen-bond donors (Lipinski definition) is 1. The molecule has 2 aromatic carbocycles. The molecule has 2 aliphatic heterocycles. The molecule has 0 amide bonds. The van der Waals surface area contributed by atoms with Crippen molar-refractivity contribution in [3.05, 3.63) is 46.5 Å². The van der Waals surface area contributed by atoms with Crippen LogP contribution in [0.2, 0.25) is 0 Å². The largest absolute Gasteiger partial charge is 0.504 e. The van der Waals surface area contributed by atoms with Gasteiger partial charge in [-0.05, 0) is 41.3 Å². The number of phenolic OH excluding ortho intramolecular Hbond substituents is 1. The molecule has 1 N–H and O–H groups in total. The van der Waals surface area contributed by atoms with Crippen LogP contribution < -0.4 is 14.2 Å². The van der Waals surface area contributed by atoms with Crippen molar-refractivity contribution in [1.29, 1.82) is 0 Å². The molecule has 2 heterocycles. The fourth-order valence-electron chi connectivity index (χ4n) is 4.61. The van der Waals surface area contributed by atoms with Crippen LogP contribution in [0.4, 0.5) is 0 Å². The fraction of sp³-hybridized carbons (Fsp3) is 0.429. The van der Waals surface area contributed by atoms with Gasteiger partial charge in [-0.3, -0.25) is 4.90 Å². The molecule has 2 aliphatic rings. The molecule has 5 nitrogen and oxygen atoms in total. The second-order valence-electron chi connectivity index (χ2n) is 7.05. The SMILES string of the molecule is COc1cc2c(cc1OC)[C@@H]1[C@H](C)c3ccc(O)c(OC)c3CN1CC2. The summed E-state index contributed by atoms with van der Waals surface area (Å²) in [6.45, 7) is 3.99. The van der Waals surface area contributed by atoms with Crippen LogP contribution in [0, 0.1) is 0 Å². The van der Waals surface area contributed by atoms with E-state index in [9.17, 15) is 5.11 Å². The summed E-state index contributed by atoms with van der Waals surface area (Å²) in [5, 5.41) is 10.2. The van der Waals surface area contributed by atoms with Gasteiger partial charge in [0.2, 0.25) is 0 Å². The molecule has 0 radical (unpaired) electrons. The van der Waals surface area contributed by atoms with Crippen molar-refractivity contribution >= 4 is 0 Å². The number of ether oxygens (including phenoxy) is 3. The van der Waals surface area contributed by atoms with Crippen molar-refractivity contribution in [3.8, 4) is 23.0 Å². The molecule has 0 saturated heterocycles. The molecule has 0 aliphatic carbocycles. The lowest BCUT2D eigenvalue weighted by Crippen LogP contribution is -2.41. The second-order valence-corrected chi connectivity index (χ2v) is 7.05. The van der Waals surface area contributed by atoms with Crippen molar-refractivity contribution in [3.63, 3.8) is 0 Å². The average molecular weight is 355 g/mol. The zero-order valence-electron chi connectivity index (χ0n) is 15.7. The number of benzene rings is 2. The number of phenols is 1. The van der Waals surface area contributed by atoms with Crippen LogP contribution in [-0.4, -0.2) is 37.9 Å². The van der Waals surface area contributed by atoms with Gasteiger partial charge >= 0.3 is 0 Å². The van der Waals surface area contributed by atoms with Gasteiger partial charge in [-0.25, -0.2) is 0 Å². The topological polar surface area (TPSA) is 51.2 Å². The van der Waals surface area contributed by atoms with Crippen LogP contribution in [-0.2, 0) is 13.0 Å². The van der Waals surface area contributed by atoms with E-state index >= 15 is 0 Å². The molecule has 5 heteroatoms. The molecular formula is C21H25NO4. The van der Waals surface area contributed by atoms with E-state index in [0.29, 0.717) is 5.75 Å². The maximum absolute atomic E-state index is 10.2. The monoisotopic (exact) mass is 355 g/mol. The highest BCUT2D eigenvalue weighted by Gasteiger charge is 2.39. The van der Waals surface area contributed by atoms with Gasteiger partial charge < -0.3 is 19.3 Å². The normalized spacial score (nSPS) is 21.4. The lowest BCUT2D eigenvalue weighted by Gasteiger charge is -2.45. The minimum atomic E-state index is 0.209. The van der Waals surface area contributed by atoms with Gasteiger partial charge in [-0.1, -0.05) is 13.0 Å². The first-order valence-corrected chi connectivity index (χ1v) is 8.96. The summed E-state index contributed by atoms with van der Waals surface area (Å²) >= 11 is 0. The predicted molar refractivity (Wildman–Crippen MR) is 99.5 cm³/mol. The van der Waals surface area contributed by atoms with Crippen molar-refractivity contribution in [2.45, 2.75) is 31.8 Å². The van der Waals surface area contributed by atoms with E-state index in [0.717, 1.165) is 36.6 Å². The Hall–Kier alpha value is -2.40. The zero-order chi connectivity index (χ0) is 18.4. The van der Waals surface area contributed by atoms with Crippen molar-refractivity contribution < 1.29 is 19.3 Å². The van der Waals surface area contributed by atoms with Gasteiger partial charge in [0.05, 0.1) is 21.3 Å². The Morgan fingerprint density at radius 3 is 2.42 bits per heavy atom. The van der Waals surface area contributed by atoms with Crippen LogP contribution >= 0.6 is 0 Å². The third kappa shape index (κ3) is 2.42. The Balaban J connectivity index is 1.83. The smallest absolute Gasteiger partial charge is 0.165 e. The van der Waals surface area contributed by atoms with E-state index in [2.05, 4.69) is 24.0 Å². The van der Waals surface area contributed by atoms with Gasteiger partial charge in [-0.2, -0.15) is 0 Å². The summed E-state index contributed by atoms with van der Waals surface area (Å²) < 4.78 is 16.5. The number of rotatable bonds is 3. The Labute approximate surface area is 154 Å². The van der Waals surface area contributed by atoms with Crippen molar-refractivity contribution in [1.82, 2.24) is 4.90 Å². The van der Waals surface area contributed by atoms with Crippen molar-refractivity contribution in [2.24, 2.45) is 0 Å². The fourth-order valence-corrected chi connectivity index (χ4v) is 4.61. The lowest BCUT2D eigenvalue weighted by molar-refractivity contribution is 0.136. The van der Waals surface area contributed by atoms with Crippen LogP contribution in [0.1, 0.15) is 41.1 Å². The average Bonchev–Trinajstić information content (AvgIpc) is 2.66. The number of aromatic hydroxyl groups is 1. The molecule has 4 rings (SSSR count). The summed E-state index contributed by atoms with van der Waals surface area (Å²) in [6, 6.07) is 8.29. The van der Waals surface area contributed by atoms with E-state index in [4.69, 9.17) is 14.2 Å². The van der Waals surface area contributed by atoms with E-state index in [-0.39, 0.29) is 17.7 Å². The van der Waals surface area contributed by atoms with E-state index in [1.54, 1.807) is 27.4 Å². The highest BCUT2D eigenvalue weighted by atomic mass is 16.5. The molecule has 2 atom stereocenters. The van der Waals surface area contributed by atoms with Crippen molar-refractivity contribution in [2.75, 3.05) is 27.9 Å². The Kier molecular flexibility index (Phi) is 4.19. The van der Waals surface area contributed by atoms with Gasteiger partial charge in [0.25, 0.3) is 0 Å². The van der Waals surface area contributed by atoms with Crippen LogP contribution in [0.3, 0.4) is 0 Å². The molecule has 0 saturated carbocycles. The maximum atomic E-state index is 10.2. The predicted octanol–water partition coefficient (Wildman–Crippen LogP) is 3.63. The third-order valence-electron chi connectivity index (χ3n) is 5.83. The molecule has 138 valence electrons. The molecule has 0 spiro atoms. The highest BCUT2D eigenvalue weighted by molar-refractivity contribution is 5.55. The zero-order valence-corrected chi connectivity index (χ0v) is 15.7. The van der Waals surface area contributed by atoms with Gasteiger partial charge in [0.1, 0.15) is 0 Å². The summed E-state index contributed by atoms with van der Waals surface area (Å²) in [7, 11) is 4.98. The van der Waals surface area contributed by atoms with Gasteiger partial charge in [0, 0.05) is 30.6 Å². The molecule has 0 bridgehead atoms. The lowest BCUT2D eigenvalue weighted by atomic mass is 9.77. The Morgan fingerprint density at radius 2 is 1.73 bits per heavy atom. The maximum Gasteiger partial charge on any atom is 0.165 e. The first kappa shape index (κ1) is 17.0. The van der Waals surface area contributed by atoms with E-state index in [1.807, 2.05) is 6.07 Å². The summed E-state index contributed by atoms with van der Waals surface area (Å²) in [6.07, 6.45) is 0.968. The number of nitrogens with zero attached hydrogens (tertiary/aromatic N) is 1. The van der Waals surface area contributed by atoms with E-state index < -0.39 is 0 Å². The van der Waals surface area contributed by atoms with Crippen LogP contribution in [0.15, 0.2) is 24.3 Å². The highest BCUT2D eigenvalue weighted by Crippen LogP contribution is 2.50. The molecule has 26 heavy (non-hydrogen) atoms. The second kappa shape index (κ2) is 6.40. The van der Waals surface area contributed by atoms with Crippen LogP contribution in [0.5, 0.6) is 23.0 Å². The summed E-state index contributed by atoms with van der Waals surface area (Å²) in [4.78, 5) is 2.48. The first-order valence-electron chi connectivity index (χ1n) is 8.96. The molecular weight excluding hydrogens is 330 g/mol. The first-order chi connectivity index (χ1) is 12.6. The molecule has 2 aromatic rings. The number of fused-ring (bicyclic) bond motifs is 4. The molecule has 0 unspecified atom stereocenters. The summed E-state index contributed by atoms with van der Waals surface area (Å²) in [5.41, 5.74) is 4.97. The quantitative estimate of drug-likeness (QED) is 0.911. The summed E-state index contributed by atoms with van der Waals surface area (Å²) in [5.74, 6) is 2.65. The Bertz CT molecular complexity index is 848. The third-order valence-corrected chi connectivity index (χ3v) is 5.83. The number of hydrogen-bond acceptors (Lipinski definition) is 5. The minimum Gasteiger partial charge on any atom is -0.504 e. The van der Waals surface area contributed by atoms with Gasteiger partial charge in [-0.15, -0.1) is 0 Å².